The smallest absolute Gasteiger partial charge is 0.217 e. The number of nitrogens with two attached hydrogens (primary N) is 2. The van der Waals surface area contributed by atoms with Crippen molar-refractivity contribution in [2.45, 2.75) is 51.1 Å². The van der Waals surface area contributed by atoms with Crippen LogP contribution in [-0.4, -0.2) is 10.5 Å². The first-order valence-electron chi connectivity index (χ1n) is 6.40. The minimum absolute atomic E-state index is 0.207. The fraction of sp³-hybridized carbons (Fsp3) is 0.615. The lowest BCUT2D eigenvalue weighted by Crippen LogP contribution is -2.18. The summed E-state index contributed by atoms with van der Waals surface area (Å²) >= 11 is 0. The molecule has 0 radical (unpaired) electrons. The van der Waals surface area contributed by atoms with Crippen LogP contribution in [0.5, 0.6) is 0 Å². The molecule has 17 heavy (non-hydrogen) atoms. The molecule has 1 aliphatic rings. The molecule has 1 aromatic rings. The minimum Gasteiger partial charge on any atom is -0.370 e. The van der Waals surface area contributed by atoms with Crippen molar-refractivity contribution in [2.24, 2.45) is 11.5 Å². The third kappa shape index (κ3) is 2.88. The van der Waals surface area contributed by atoms with Crippen molar-refractivity contribution in [3.8, 4) is 0 Å². The van der Waals surface area contributed by atoms with Gasteiger partial charge in [-0.05, 0) is 43.7 Å². The first-order valence-corrected chi connectivity index (χ1v) is 6.40. The molecule has 0 saturated heterocycles. The Bertz CT molecular complexity index is 397. The van der Waals surface area contributed by atoms with Crippen LogP contribution in [0.4, 0.5) is 0 Å². The number of hydrogen-bond acceptors (Lipinski definition) is 2. The molecule has 0 fully saturated rings. The monoisotopic (exact) mass is 235 g/mol. The first kappa shape index (κ1) is 12.2. The molecule has 4 nitrogen and oxygen atoms in total. The van der Waals surface area contributed by atoms with Crippen molar-refractivity contribution in [1.82, 2.24) is 4.57 Å². The Labute approximate surface area is 102 Å². The highest BCUT2D eigenvalue weighted by Gasteiger charge is 2.19. The second-order valence-corrected chi connectivity index (χ2v) is 4.83. The number of carbonyl (C=O) groups excluding carboxylic acids is 1. The molecule has 0 spiro atoms. The van der Waals surface area contributed by atoms with Gasteiger partial charge in [0.1, 0.15) is 0 Å². The fourth-order valence-electron chi connectivity index (χ4n) is 2.58. The maximum Gasteiger partial charge on any atom is 0.217 e. The summed E-state index contributed by atoms with van der Waals surface area (Å²) in [5.41, 5.74) is 13.9. The molecule has 94 valence electrons. The number of fused-ring (bicyclic) bond motifs is 1. The predicted molar refractivity (Wildman–Crippen MR) is 67.3 cm³/mol. The zero-order chi connectivity index (χ0) is 12.3. The Kier molecular flexibility index (Phi) is 3.84. The molecule has 4 heteroatoms. The number of unbranched alkanes of at least 4 members (excludes halogenated alkanes) is 1. The van der Waals surface area contributed by atoms with Crippen LogP contribution in [0.3, 0.4) is 0 Å². The number of rotatable bonds is 5. The van der Waals surface area contributed by atoms with Gasteiger partial charge in [-0.1, -0.05) is 0 Å². The van der Waals surface area contributed by atoms with E-state index in [2.05, 4.69) is 16.8 Å². The van der Waals surface area contributed by atoms with E-state index >= 15 is 0 Å². The second-order valence-electron chi connectivity index (χ2n) is 4.83. The Balaban J connectivity index is 1.91. The minimum atomic E-state index is -0.207. The highest BCUT2D eigenvalue weighted by atomic mass is 16.1. The summed E-state index contributed by atoms with van der Waals surface area (Å²) in [6, 6.07) is 2.36. The highest BCUT2D eigenvalue weighted by Crippen LogP contribution is 2.28. The molecule has 4 N–H and O–H groups in total. The topological polar surface area (TPSA) is 74.0 Å². The molecule has 0 aromatic carbocycles. The number of amides is 1. The van der Waals surface area contributed by atoms with Gasteiger partial charge >= 0.3 is 0 Å². The standard InChI is InChI=1S/C13H21N3O/c14-11-4-3-5-12-10(11)7-9-16(12)8-2-1-6-13(15)17/h7,9,11H,1-6,8,14H2,(H2,15,17). The number of aromatic nitrogens is 1. The Hall–Kier alpha value is -1.29. The summed E-state index contributed by atoms with van der Waals surface area (Å²) in [4.78, 5) is 10.6. The number of primary amides is 1. The largest absolute Gasteiger partial charge is 0.370 e. The van der Waals surface area contributed by atoms with Gasteiger partial charge in [-0.15, -0.1) is 0 Å². The fourth-order valence-corrected chi connectivity index (χ4v) is 2.58. The molecule has 1 aliphatic carbocycles. The van der Waals surface area contributed by atoms with E-state index in [1.807, 2.05) is 0 Å². The molecule has 0 saturated carbocycles. The van der Waals surface area contributed by atoms with Crippen molar-refractivity contribution in [3.63, 3.8) is 0 Å². The number of carbonyl (C=O) groups is 1. The summed E-state index contributed by atoms with van der Waals surface area (Å²) in [6.45, 7) is 0.968. The summed E-state index contributed by atoms with van der Waals surface area (Å²) < 4.78 is 2.29. The molecular weight excluding hydrogens is 214 g/mol. The number of nitrogens with zero attached hydrogens (tertiary/aromatic N) is 1. The van der Waals surface area contributed by atoms with Crippen molar-refractivity contribution >= 4 is 5.91 Å². The van der Waals surface area contributed by atoms with Crippen LogP contribution in [0.2, 0.25) is 0 Å². The first-order chi connectivity index (χ1) is 8.18. The highest BCUT2D eigenvalue weighted by molar-refractivity contribution is 5.73. The van der Waals surface area contributed by atoms with Gasteiger partial charge in [0.15, 0.2) is 0 Å². The molecule has 1 atom stereocenters. The molecule has 1 aromatic heterocycles. The number of aryl methyl sites for hydroxylation is 1. The van der Waals surface area contributed by atoms with Crippen LogP contribution < -0.4 is 11.5 Å². The van der Waals surface area contributed by atoms with Gasteiger partial charge in [0.25, 0.3) is 0 Å². The average Bonchev–Trinajstić information content (AvgIpc) is 2.69. The lowest BCUT2D eigenvalue weighted by molar-refractivity contribution is -0.118. The van der Waals surface area contributed by atoms with Crippen LogP contribution in [-0.2, 0) is 17.8 Å². The van der Waals surface area contributed by atoms with E-state index in [-0.39, 0.29) is 11.9 Å². The Morgan fingerprint density at radius 3 is 3.06 bits per heavy atom. The van der Waals surface area contributed by atoms with Gasteiger partial charge in [-0.3, -0.25) is 4.79 Å². The molecule has 0 bridgehead atoms. The van der Waals surface area contributed by atoms with Gasteiger partial charge in [-0.2, -0.15) is 0 Å². The molecule has 1 amide bonds. The van der Waals surface area contributed by atoms with Gasteiger partial charge in [0.05, 0.1) is 0 Å². The van der Waals surface area contributed by atoms with Crippen LogP contribution in [0.25, 0.3) is 0 Å². The number of hydrogen-bond donors (Lipinski definition) is 2. The second kappa shape index (κ2) is 5.36. The van der Waals surface area contributed by atoms with Gasteiger partial charge < -0.3 is 16.0 Å². The van der Waals surface area contributed by atoms with Crippen molar-refractivity contribution in [1.29, 1.82) is 0 Å². The van der Waals surface area contributed by atoms with Gasteiger partial charge in [0.2, 0.25) is 5.91 Å². The normalized spacial score (nSPS) is 19.0. The molecular formula is C13H21N3O. The summed E-state index contributed by atoms with van der Waals surface area (Å²) in [5.74, 6) is -0.207. The molecule has 1 heterocycles. The lowest BCUT2D eigenvalue weighted by Gasteiger charge is -2.20. The molecule has 0 aliphatic heterocycles. The van der Waals surface area contributed by atoms with E-state index in [0.29, 0.717) is 6.42 Å². The summed E-state index contributed by atoms with van der Waals surface area (Å²) in [7, 11) is 0. The van der Waals surface area contributed by atoms with Gasteiger partial charge in [-0.25, -0.2) is 0 Å². The van der Waals surface area contributed by atoms with E-state index < -0.39 is 0 Å². The van der Waals surface area contributed by atoms with Crippen LogP contribution >= 0.6 is 0 Å². The van der Waals surface area contributed by atoms with E-state index in [1.165, 1.54) is 17.7 Å². The summed E-state index contributed by atoms with van der Waals surface area (Å²) in [6.07, 6.45) is 7.89. The van der Waals surface area contributed by atoms with Gasteiger partial charge in [0, 0.05) is 30.9 Å². The average molecular weight is 235 g/mol. The third-order valence-electron chi connectivity index (χ3n) is 3.51. The zero-order valence-corrected chi connectivity index (χ0v) is 10.2. The maximum atomic E-state index is 10.6. The third-order valence-corrected chi connectivity index (χ3v) is 3.51. The van der Waals surface area contributed by atoms with Crippen LogP contribution in [0.1, 0.15) is 49.4 Å². The van der Waals surface area contributed by atoms with Crippen molar-refractivity contribution < 1.29 is 4.79 Å². The predicted octanol–water partition coefficient (Wildman–Crippen LogP) is 1.48. The Morgan fingerprint density at radius 2 is 2.29 bits per heavy atom. The van der Waals surface area contributed by atoms with E-state index in [1.54, 1.807) is 0 Å². The van der Waals surface area contributed by atoms with E-state index in [0.717, 1.165) is 32.2 Å². The van der Waals surface area contributed by atoms with Crippen molar-refractivity contribution in [2.75, 3.05) is 0 Å². The van der Waals surface area contributed by atoms with E-state index in [9.17, 15) is 4.79 Å². The quantitative estimate of drug-likeness (QED) is 0.759. The van der Waals surface area contributed by atoms with E-state index in [4.69, 9.17) is 11.5 Å². The lowest BCUT2D eigenvalue weighted by atomic mass is 9.93. The molecule has 2 rings (SSSR count). The van der Waals surface area contributed by atoms with Crippen LogP contribution in [0.15, 0.2) is 12.3 Å². The maximum absolute atomic E-state index is 10.6. The zero-order valence-electron chi connectivity index (χ0n) is 10.2. The Morgan fingerprint density at radius 1 is 1.47 bits per heavy atom. The molecule has 1 unspecified atom stereocenters. The van der Waals surface area contributed by atoms with Crippen molar-refractivity contribution in [3.05, 3.63) is 23.5 Å². The van der Waals surface area contributed by atoms with Crippen LogP contribution in [0, 0.1) is 0 Å². The SMILES string of the molecule is NC(=O)CCCCn1ccc2c1CCCC2N. The summed E-state index contributed by atoms with van der Waals surface area (Å²) in [5, 5.41) is 0.